The minimum absolute atomic E-state index is 0.632. The minimum atomic E-state index is -0.892. The lowest BCUT2D eigenvalue weighted by Crippen LogP contribution is -2.32. The Hall–Kier alpha value is -0.870. The van der Waals surface area contributed by atoms with Crippen molar-refractivity contribution < 1.29 is 8.95 Å². The Morgan fingerprint density at radius 1 is 1.30 bits per heavy atom. The number of nitrogens with one attached hydrogen (secondary N) is 1. The van der Waals surface area contributed by atoms with Crippen molar-refractivity contribution in [3.05, 3.63) is 24.3 Å². The van der Waals surface area contributed by atoms with Crippen molar-refractivity contribution >= 4 is 10.8 Å². The fraction of sp³-hybridized carbons (Fsp3) is 0.625. The number of methoxy groups -OCH3 is 1. The van der Waals surface area contributed by atoms with Crippen LogP contribution in [0.3, 0.4) is 0 Å². The van der Waals surface area contributed by atoms with E-state index >= 15 is 0 Å². The molecule has 0 radical (unpaired) electrons. The quantitative estimate of drug-likeness (QED) is 0.840. The van der Waals surface area contributed by atoms with Gasteiger partial charge in [0.05, 0.1) is 17.9 Å². The monoisotopic (exact) mass is 295 g/mol. The van der Waals surface area contributed by atoms with Crippen molar-refractivity contribution in [3.8, 4) is 5.75 Å². The number of rotatable bonds is 7. The molecule has 1 fully saturated rings. The van der Waals surface area contributed by atoms with E-state index in [2.05, 4.69) is 12.2 Å². The Morgan fingerprint density at radius 2 is 2.05 bits per heavy atom. The molecule has 3 unspecified atom stereocenters. The van der Waals surface area contributed by atoms with Gasteiger partial charge in [0.25, 0.3) is 0 Å². The molecule has 1 aromatic rings. The molecule has 2 rings (SSSR count). The summed E-state index contributed by atoms with van der Waals surface area (Å²) in [6, 6.07) is 8.21. The van der Waals surface area contributed by atoms with Crippen molar-refractivity contribution in [1.29, 1.82) is 0 Å². The molecular weight excluding hydrogens is 270 g/mol. The molecule has 0 amide bonds. The molecule has 1 aliphatic carbocycles. The first-order chi connectivity index (χ1) is 9.74. The molecule has 112 valence electrons. The molecule has 0 aromatic heterocycles. The largest absolute Gasteiger partial charge is 0.497 e. The molecule has 1 saturated carbocycles. The van der Waals surface area contributed by atoms with Crippen LogP contribution in [0.25, 0.3) is 0 Å². The molecule has 1 N–H and O–H groups in total. The second-order valence-electron chi connectivity index (χ2n) is 5.37. The van der Waals surface area contributed by atoms with Crippen LogP contribution in [-0.2, 0) is 10.8 Å². The molecule has 0 heterocycles. The number of ether oxygens (including phenoxy) is 1. The summed E-state index contributed by atoms with van der Waals surface area (Å²) in [5.74, 6) is 2.27. The van der Waals surface area contributed by atoms with E-state index in [-0.39, 0.29) is 0 Å². The Morgan fingerprint density at radius 3 is 2.70 bits per heavy atom. The third-order valence-electron chi connectivity index (χ3n) is 4.12. The molecule has 0 bridgehead atoms. The van der Waals surface area contributed by atoms with Crippen molar-refractivity contribution in [1.82, 2.24) is 5.32 Å². The van der Waals surface area contributed by atoms with Crippen molar-refractivity contribution in [2.45, 2.75) is 43.5 Å². The van der Waals surface area contributed by atoms with Crippen molar-refractivity contribution in [2.24, 2.45) is 5.92 Å². The van der Waals surface area contributed by atoms with Crippen LogP contribution in [0.1, 0.15) is 32.6 Å². The summed E-state index contributed by atoms with van der Waals surface area (Å²) in [6.45, 7) is 3.19. The normalized spacial score (nSPS) is 23.7. The molecule has 0 saturated heterocycles. The molecule has 0 aliphatic heterocycles. The summed E-state index contributed by atoms with van der Waals surface area (Å²) < 4.78 is 17.4. The second kappa shape index (κ2) is 7.79. The number of hydrogen-bond donors (Lipinski definition) is 1. The van der Waals surface area contributed by atoms with E-state index in [4.69, 9.17) is 4.74 Å². The number of benzene rings is 1. The number of hydrogen-bond acceptors (Lipinski definition) is 3. The third-order valence-corrected chi connectivity index (χ3v) is 5.53. The van der Waals surface area contributed by atoms with E-state index in [1.54, 1.807) is 7.11 Å². The van der Waals surface area contributed by atoms with E-state index in [0.717, 1.165) is 29.4 Å². The molecular formula is C16H25NO2S. The topological polar surface area (TPSA) is 38.3 Å². The van der Waals surface area contributed by atoms with Gasteiger partial charge in [0.15, 0.2) is 0 Å². The van der Waals surface area contributed by atoms with Crippen molar-refractivity contribution in [3.63, 3.8) is 0 Å². The lowest BCUT2D eigenvalue weighted by atomic mass is 10.0. The maximum Gasteiger partial charge on any atom is 0.118 e. The van der Waals surface area contributed by atoms with Crippen LogP contribution in [0.15, 0.2) is 29.2 Å². The first-order valence-electron chi connectivity index (χ1n) is 7.50. The van der Waals surface area contributed by atoms with Gasteiger partial charge in [-0.15, -0.1) is 0 Å². The van der Waals surface area contributed by atoms with Gasteiger partial charge in [-0.25, -0.2) is 0 Å². The van der Waals surface area contributed by atoms with Gasteiger partial charge in [0.1, 0.15) is 5.75 Å². The van der Waals surface area contributed by atoms with Crippen LogP contribution in [-0.4, -0.2) is 29.7 Å². The summed E-state index contributed by atoms with van der Waals surface area (Å²) in [5, 5.41) is 3.56. The third kappa shape index (κ3) is 4.06. The van der Waals surface area contributed by atoms with Gasteiger partial charge >= 0.3 is 0 Å². The smallest absolute Gasteiger partial charge is 0.118 e. The van der Waals surface area contributed by atoms with E-state index in [0.29, 0.717) is 12.0 Å². The SMILES string of the molecule is CCNC1CCCC1CCS(=O)c1ccc(OC)cc1. The maximum absolute atomic E-state index is 12.3. The highest BCUT2D eigenvalue weighted by molar-refractivity contribution is 7.85. The predicted molar refractivity (Wildman–Crippen MR) is 83.7 cm³/mol. The summed E-state index contributed by atoms with van der Waals surface area (Å²) >= 11 is 0. The lowest BCUT2D eigenvalue weighted by Gasteiger charge is -2.20. The first-order valence-corrected chi connectivity index (χ1v) is 8.82. The average molecular weight is 295 g/mol. The van der Waals surface area contributed by atoms with Gasteiger partial charge in [0, 0.05) is 16.7 Å². The molecule has 4 heteroatoms. The highest BCUT2D eigenvalue weighted by atomic mass is 32.2. The summed E-state index contributed by atoms with van der Waals surface area (Å²) in [4.78, 5) is 0.906. The Balaban J connectivity index is 1.84. The summed E-state index contributed by atoms with van der Waals surface area (Å²) in [7, 11) is 0.754. The van der Waals surface area contributed by atoms with Crippen LogP contribution in [0.4, 0.5) is 0 Å². The summed E-state index contributed by atoms with van der Waals surface area (Å²) in [5.41, 5.74) is 0. The molecule has 1 aromatic carbocycles. The van der Waals surface area contributed by atoms with Crippen LogP contribution in [0.5, 0.6) is 5.75 Å². The highest BCUT2D eigenvalue weighted by Crippen LogP contribution is 2.29. The molecule has 0 spiro atoms. The molecule has 3 atom stereocenters. The highest BCUT2D eigenvalue weighted by Gasteiger charge is 2.26. The van der Waals surface area contributed by atoms with Crippen LogP contribution in [0, 0.1) is 5.92 Å². The fourth-order valence-electron chi connectivity index (χ4n) is 3.02. The Labute approximate surface area is 124 Å². The van der Waals surface area contributed by atoms with Gasteiger partial charge in [-0.3, -0.25) is 4.21 Å². The molecule has 1 aliphatic rings. The summed E-state index contributed by atoms with van der Waals surface area (Å²) in [6.07, 6.45) is 4.90. The zero-order valence-electron chi connectivity index (χ0n) is 12.4. The predicted octanol–water partition coefficient (Wildman–Crippen LogP) is 2.97. The van der Waals surface area contributed by atoms with Crippen molar-refractivity contribution in [2.75, 3.05) is 19.4 Å². The average Bonchev–Trinajstić information content (AvgIpc) is 2.92. The van der Waals surface area contributed by atoms with Crippen LogP contribution >= 0.6 is 0 Å². The lowest BCUT2D eigenvalue weighted by molar-refractivity contribution is 0.399. The standard InChI is InChI=1S/C16H25NO2S/c1-3-17-16-6-4-5-13(16)11-12-20(18)15-9-7-14(19-2)8-10-15/h7-10,13,16-17H,3-6,11-12H2,1-2H3. The minimum Gasteiger partial charge on any atom is -0.497 e. The van der Waals surface area contributed by atoms with Gasteiger partial charge in [-0.1, -0.05) is 13.3 Å². The van der Waals surface area contributed by atoms with Gasteiger partial charge in [-0.05, 0) is 56.0 Å². The Kier molecular flexibility index (Phi) is 6.05. The van der Waals surface area contributed by atoms with Gasteiger partial charge < -0.3 is 10.1 Å². The fourth-order valence-corrected chi connectivity index (χ4v) is 4.21. The molecule has 20 heavy (non-hydrogen) atoms. The first kappa shape index (κ1) is 15.5. The van der Waals surface area contributed by atoms with Gasteiger partial charge in [0.2, 0.25) is 0 Å². The van der Waals surface area contributed by atoms with E-state index in [1.165, 1.54) is 19.3 Å². The zero-order chi connectivity index (χ0) is 14.4. The van der Waals surface area contributed by atoms with E-state index in [1.807, 2.05) is 24.3 Å². The zero-order valence-corrected chi connectivity index (χ0v) is 13.2. The Bertz CT molecular complexity index is 433. The maximum atomic E-state index is 12.3. The van der Waals surface area contributed by atoms with Crippen LogP contribution in [0.2, 0.25) is 0 Å². The second-order valence-corrected chi connectivity index (χ2v) is 6.94. The van der Waals surface area contributed by atoms with Gasteiger partial charge in [-0.2, -0.15) is 0 Å². The molecule has 3 nitrogen and oxygen atoms in total. The van der Waals surface area contributed by atoms with E-state index < -0.39 is 10.8 Å². The van der Waals surface area contributed by atoms with Crippen LogP contribution < -0.4 is 10.1 Å². The van der Waals surface area contributed by atoms with E-state index in [9.17, 15) is 4.21 Å².